The van der Waals surface area contributed by atoms with E-state index in [1.54, 1.807) is 53.8 Å². The zero-order chi connectivity index (χ0) is 43.8. The van der Waals surface area contributed by atoms with Gasteiger partial charge in [0.05, 0.1) is 46.8 Å². The zero-order valence-electron chi connectivity index (χ0n) is 35.8. The van der Waals surface area contributed by atoms with Crippen LogP contribution in [0.15, 0.2) is 70.2 Å². The largest absolute Gasteiger partial charge is 0.438 e. The number of carbonyl (C=O) groups is 1. The molecule has 1 saturated heterocycles. The van der Waals surface area contributed by atoms with Crippen LogP contribution in [0.4, 0.5) is 8.78 Å². The van der Waals surface area contributed by atoms with Crippen LogP contribution in [0, 0.1) is 31.4 Å². The summed E-state index contributed by atoms with van der Waals surface area (Å²) in [7, 11) is 0. The Labute approximate surface area is 364 Å². The summed E-state index contributed by atoms with van der Waals surface area (Å²) >= 11 is 0. The topological polar surface area (TPSA) is 160 Å². The van der Waals surface area contributed by atoms with Crippen LogP contribution in [0.3, 0.4) is 0 Å². The van der Waals surface area contributed by atoms with Crippen molar-refractivity contribution in [3.63, 3.8) is 0 Å². The highest BCUT2D eigenvalue weighted by atomic mass is 19.1. The van der Waals surface area contributed by atoms with Gasteiger partial charge < -0.3 is 14.2 Å². The standard InChI is InChI=1S/C47H45F2N11O4/c1-24-17-32(18-25(2)41(24)48)60-43(57-23-36(52-55-57)33-8-10-38-34(42(33)49)22-50-59(38)31-6-7-31)40-27(4)56(14-11-35(40)53-60)44(61)39-20-30-19-29(28-12-15-63-16-13-28)5-9-37(30)58(39)47(21-26(47)3)45-51-46(62)64-54-45/h5,8-10,17-20,22-23,26-28,31H,6-7,11-16,21H2,1-4H3,(H,51,54,62)/t26-,27-,47-/m0/s1. The maximum absolute atomic E-state index is 16.3. The monoisotopic (exact) mass is 865 g/mol. The number of amides is 1. The lowest BCUT2D eigenvalue weighted by atomic mass is 9.91. The summed E-state index contributed by atoms with van der Waals surface area (Å²) in [4.78, 5) is 32.5. The van der Waals surface area contributed by atoms with E-state index in [9.17, 15) is 4.79 Å². The number of nitrogens with zero attached hydrogens (tertiary/aromatic N) is 10. The molecule has 3 fully saturated rings. The van der Waals surface area contributed by atoms with E-state index in [-0.39, 0.29) is 29.2 Å². The number of hydrogen-bond donors (Lipinski definition) is 1. The van der Waals surface area contributed by atoms with Gasteiger partial charge in [0.25, 0.3) is 5.91 Å². The number of rotatable bonds is 8. The maximum atomic E-state index is 16.3. The van der Waals surface area contributed by atoms with Crippen molar-refractivity contribution in [1.82, 2.24) is 54.2 Å². The molecular formula is C47H45F2N11O4. The first-order valence-electron chi connectivity index (χ1n) is 22.1. The molecule has 2 aliphatic heterocycles. The molecule has 2 aliphatic carbocycles. The highest BCUT2D eigenvalue weighted by Crippen LogP contribution is 2.56. The van der Waals surface area contributed by atoms with Gasteiger partial charge in [0.2, 0.25) is 0 Å². The van der Waals surface area contributed by atoms with Gasteiger partial charge in [-0.3, -0.25) is 19.0 Å². The van der Waals surface area contributed by atoms with Gasteiger partial charge in [-0.1, -0.05) is 23.4 Å². The molecule has 17 heteroatoms. The van der Waals surface area contributed by atoms with Gasteiger partial charge in [-0.05, 0) is 124 Å². The van der Waals surface area contributed by atoms with Gasteiger partial charge in [0.1, 0.15) is 28.6 Å². The third kappa shape index (κ3) is 5.81. The Kier molecular flexibility index (Phi) is 8.58. The van der Waals surface area contributed by atoms with E-state index in [0.717, 1.165) is 53.4 Å². The molecule has 1 amide bonds. The minimum absolute atomic E-state index is 0.0323. The summed E-state index contributed by atoms with van der Waals surface area (Å²) in [6.45, 7) is 9.23. The number of halogens is 2. The summed E-state index contributed by atoms with van der Waals surface area (Å²) in [6.07, 6.45) is 8.17. The lowest BCUT2D eigenvalue weighted by Gasteiger charge is -2.34. The van der Waals surface area contributed by atoms with Crippen LogP contribution < -0.4 is 5.76 Å². The number of H-pyrrole nitrogens is 1. The van der Waals surface area contributed by atoms with Crippen LogP contribution in [0.25, 0.3) is 44.6 Å². The molecule has 326 valence electrons. The maximum Gasteiger partial charge on any atom is 0.438 e. The molecular weight excluding hydrogens is 821 g/mol. The van der Waals surface area contributed by atoms with E-state index < -0.39 is 23.2 Å². The molecule has 12 rings (SSSR count). The normalized spacial score (nSPS) is 21.3. The highest BCUT2D eigenvalue weighted by molar-refractivity contribution is 6.00. The second-order valence-corrected chi connectivity index (χ2v) is 18.2. The number of carbonyl (C=O) groups excluding carboxylic acids is 1. The van der Waals surface area contributed by atoms with Crippen LogP contribution in [0.5, 0.6) is 0 Å². The highest BCUT2D eigenvalue weighted by Gasteiger charge is 2.59. The summed E-state index contributed by atoms with van der Waals surface area (Å²) in [5.74, 6) is -0.355. The lowest BCUT2D eigenvalue weighted by molar-refractivity contribution is 0.0663. The number of benzene rings is 3. The Hall–Kier alpha value is -6.75. The van der Waals surface area contributed by atoms with Crippen LogP contribution in [-0.4, -0.2) is 79.8 Å². The Bertz CT molecular complexity index is 3250. The van der Waals surface area contributed by atoms with Crippen LogP contribution in [0.1, 0.15) is 108 Å². The van der Waals surface area contributed by atoms with Crippen molar-refractivity contribution < 1.29 is 22.8 Å². The predicted molar refractivity (Wildman–Crippen MR) is 231 cm³/mol. The molecule has 2 saturated carbocycles. The molecule has 15 nitrogen and oxygen atoms in total. The average molecular weight is 866 g/mol. The number of fused-ring (bicyclic) bond motifs is 3. The molecule has 0 spiro atoms. The fourth-order valence-corrected chi connectivity index (χ4v) is 10.6. The summed E-state index contributed by atoms with van der Waals surface area (Å²) in [6, 6.07) is 15.2. The van der Waals surface area contributed by atoms with Crippen molar-refractivity contribution >= 4 is 27.7 Å². The SMILES string of the molecule is Cc1cc(-n2nc3c(c2-n2cc(-c4ccc5c(cnn5C5CC5)c4F)nn2)[C@H](C)N(C(=O)c2cc4cc(C5CCOCC5)ccc4n2[C@@]2(c4noc(=O)[nH]4)C[C@@H]2C)CC3)cc(C)c1F. The van der Waals surface area contributed by atoms with Crippen molar-refractivity contribution in [2.45, 2.75) is 89.8 Å². The second kappa shape index (κ2) is 14.1. The van der Waals surface area contributed by atoms with Gasteiger partial charge in [-0.15, -0.1) is 5.10 Å². The number of ether oxygens (including phenoxy) is 1. The molecule has 7 heterocycles. The number of aryl methyl sites for hydroxylation is 2. The Morgan fingerprint density at radius 1 is 0.953 bits per heavy atom. The van der Waals surface area contributed by atoms with Crippen molar-refractivity contribution in [2.24, 2.45) is 5.92 Å². The fraction of sp³-hybridized carbons (Fsp3) is 0.383. The third-order valence-electron chi connectivity index (χ3n) is 14.2. The molecule has 4 aliphatic rings. The average Bonchev–Trinajstić information content (AvgIpc) is 3.78. The van der Waals surface area contributed by atoms with Crippen LogP contribution in [-0.2, 0) is 16.7 Å². The van der Waals surface area contributed by atoms with E-state index in [1.165, 1.54) is 5.56 Å². The van der Waals surface area contributed by atoms with E-state index in [0.29, 0.717) is 83.7 Å². The smallest absolute Gasteiger partial charge is 0.381 e. The van der Waals surface area contributed by atoms with E-state index in [2.05, 4.69) is 55.2 Å². The molecule has 5 aromatic heterocycles. The molecule has 0 bridgehead atoms. The van der Waals surface area contributed by atoms with Gasteiger partial charge in [0, 0.05) is 48.2 Å². The molecule has 8 aromatic rings. The fourth-order valence-electron chi connectivity index (χ4n) is 10.6. The number of hydrogen-bond acceptors (Lipinski definition) is 9. The van der Waals surface area contributed by atoms with Crippen molar-refractivity contribution in [1.29, 1.82) is 0 Å². The minimum atomic E-state index is -0.816. The summed E-state index contributed by atoms with van der Waals surface area (Å²) in [5.41, 5.74) is 6.00. The molecule has 0 radical (unpaired) electrons. The quantitative estimate of drug-likeness (QED) is 0.161. The van der Waals surface area contributed by atoms with Crippen LogP contribution in [0.2, 0.25) is 0 Å². The van der Waals surface area contributed by atoms with E-state index in [1.807, 2.05) is 28.6 Å². The Balaban J connectivity index is 0.983. The molecule has 0 unspecified atom stereocenters. The molecule has 3 atom stereocenters. The van der Waals surface area contributed by atoms with Crippen molar-refractivity contribution in [3.05, 3.63) is 123 Å². The number of aromatic amines is 1. The third-order valence-corrected chi connectivity index (χ3v) is 14.2. The first kappa shape index (κ1) is 38.9. The zero-order valence-corrected chi connectivity index (χ0v) is 35.8. The van der Waals surface area contributed by atoms with Crippen molar-refractivity contribution in [3.8, 4) is 22.8 Å². The van der Waals surface area contributed by atoms with E-state index >= 15 is 13.6 Å². The first-order valence-corrected chi connectivity index (χ1v) is 22.1. The molecule has 1 N–H and O–H groups in total. The minimum Gasteiger partial charge on any atom is -0.381 e. The van der Waals surface area contributed by atoms with E-state index in [4.69, 9.17) is 14.4 Å². The van der Waals surface area contributed by atoms with Gasteiger partial charge in [0.15, 0.2) is 11.6 Å². The van der Waals surface area contributed by atoms with Gasteiger partial charge in [-0.2, -0.15) is 10.2 Å². The van der Waals surface area contributed by atoms with Crippen molar-refractivity contribution in [2.75, 3.05) is 19.8 Å². The van der Waals surface area contributed by atoms with Crippen LogP contribution >= 0.6 is 0 Å². The Morgan fingerprint density at radius 2 is 1.72 bits per heavy atom. The second-order valence-electron chi connectivity index (χ2n) is 18.2. The number of nitrogens with one attached hydrogen (secondary N) is 1. The van der Waals surface area contributed by atoms with Gasteiger partial charge in [-0.25, -0.2) is 22.9 Å². The lowest BCUT2D eigenvalue weighted by Crippen LogP contribution is -2.41. The molecule has 3 aromatic carbocycles. The predicted octanol–water partition coefficient (Wildman–Crippen LogP) is 7.77. The number of aromatic nitrogens is 10. The first-order chi connectivity index (χ1) is 31.0. The van der Waals surface area contributed by atoms with Gasteiger partial charge >= 0.3 is 5.76 Å². The molecule has 64 heavy (non-hydrogen) atoms. The summed E-state index contributed by atoms with van der Waals surface area (Å²) in [5, 5.41) is 24.2. The Morgan fingerprint density at radius 3 is 2.44 bits per heavy atom. The summed E-state index contributed by atoms with van der Waals surface area (Å²) < 4.78 is 49.4.